The molecule has 3 aromatic carbocycles. The van der Waals surface area contributed by atoms with Crippen LogP contribution in [-0.2, 0) is 41.6 Å². The van der Waals surface area contributed by atoms with E-state index in [1.807, 2.05) is 0 Å². The highest BCUT2D eigenvalue weighted by molar-refractivity contribution is 5.98. The average molecular weight is 787 g/mol. The Morgan fingerprint density at radius 3 is 1.89 bits per heavy atom. The van der Waals surface area contributed by atoms with Gasteiger partial charge in [0, 0.05) is 34.0 Å². The van der Waals surface area contributed by atoms with Crippen LogP contribution in [0.3, 0.4) is 0 Å². The van der Waals surface area contributed by atoms with Gasteiger partial charge in [0.15, 0.2) is 11.5 Å². The van der Waals surface area contributed by atoms with Gasteiger partial charge in [-0.05, 0) is 73.9 Å². The Kier molecular flexibility index (Phi) is 13.1. The Balaban J connectivity index is 1.60. The Hall–Kier alpha value is -6.16. The van der Waals surface area contributed by atoms with E-state index >= 15 is 0 Å². The third-order valence-electron chi connectivity index (χ3n) is 10.5. The second-order valence-electron chi connectivity index (χ2n) is 14.4. The van der Waals surface area contributed by atoms with Crippen molar-refractivity contribution in [3.63, 3.8) is 0 Å². The summed E-state index contributed by atoms with van der Waals surface area (Å²) in [6.45, 7) is 4.32. The van der Waals surface area contributed by atoms with Crippen LogP contribution in [-0.4, -0.2) is 127 Å². The molecule has 304 valence electrons. The van der Waals surface area contributed by atoms with Crippen LogP contribution in [0.25, 0.3) is 0 Å². The zero-order valence-corrected chi connectivity index (χ0v) is 33.3. The van der Waals surface area contributed by atoms with E-state index in [1.54, 1.807) is 66.7 Å². The lowest BCUT2D eigenvalue weighted by atomic mass is 9.96. The topological polar surface area (TPSA) is 196 Å². The number of nitrogens with one attached hydrogen (secondary N) is 3. The molecular formula is C41H50N6O10. The first-order valence-corrected chi connectivity index (χ1v) is 18.5. The van der Waals surface area contributed by atoms with E-state index in [-0.39, 0.29) is 18.4 Å². The zero-order chi connectivity index (χ0) is 41.7. The number of aliphatic hydroxyl groups is 1. The average Bonchev–Trinajstić information content (AvgIpc) is 3.20. The van der Waals surface area contributed by atoms with Gasteiger partial charge >= 0.3 is 0 Å². The number of methoxy groups -OCH3 is 2. The molecule has 1 saturated heterocycles. The summed E-state index contributed by atoms with van der Waals surface area (Å²) in [7, 11) is 7.12. The van der Waals surface area contributed by atoms with Gasteiger partial charge in [-0.15, -0.1) is 0 Å². The second kappa shape index (κ2) is 17.7. The molecule has 1 fully saturated rings. The molecule has 3 heterocycles. The fourth-order valence-corrected chi connectivity index (χ4v) is 6.91. The number of ether oxygens (including phenoxy) is 3. The Morgan fingerprint density at radius 2 is 1.28 bits per heavy atom. The number of fused-ring (bicyclic) bond motifs is 2. The second-order valence-corrected chi connectivity index (χ2v) is 14.4. The number of nitrogens with zero attached hydrogens (tertiary/aromatic N) is 3. The molecule has 6 bridgehead atoms. The summed E-state index contributed by atoms with van der Waals surface area (Å²) in [4.78, 5) is 87.9. The van der Waals surface area contributed by atoms with Crippen LogP contribution in [0.1, 0.15) is 43.6 Å². The summed E-state index contributed by atoms with van der Waals surface area (Å²) < 4.78 is 16.9. The highest BCUT2D eigenvalue weighted by Gasteiger charge is 2.42. The van der Waals surface area contributed by atoms with Gasteiger partial charge in [0.05, 0.1) is 14.2 Å². The maximum Gasteiger partial charge on any atom is 0.248 e. The van der Waals surface area contributed by atoms with E-state index < -0.39 is 77.8 Å². The Labute approximate surface area is 331 Å². The standard InChI is InChI=1S/C41H50N6O10/c1-22-36(49)43-23(2)39(52)45(4)30(19-25-9-14-28(55-7)15-10-25)38(51)44-24(3)40(53)47(6)34-35(48)27-12-16-29(17-13-27)57-33-21-26(11-18-32(33)56-8)20-31(37(50)42-22)46(5)41(34)54/h9-18,21-24,30-31,34-35,48H,19-20H2,1-8H3,(H,42,50)(H,43,49)(H,44,51)/t22-,23+,24+,30+,31+,34+,35+/m1/s1. The number of carbonyl (C=O) groups is 6. The van der Waals surface area contributed by atoms with Gasteiger partial charge in [0.2, 0.25) is 35.4 Å². The van der Waals surface area contributed by atoms with Crippen molar-refractivity contribution >= 4 is 35.4 Å². The molecule has 0 radical (unpaired) electrons. The number of amides is 6. The van der Waals surface area contributed by atoms with Crippen molar-refractivity contribution in [3.8, 4) is 23.0 Å². The van der Waals surface area contributed by atoms with Crippen LogP contribution < -0.4 is 30.2 Å². The van der Waals surface area contributed by atoms with E-state index in [0.717, 1.165) is 9.80 Å². The molecule has 6 rings (SSSR count). The van der Waals surface area contributed by atoms with Gasteiger partial charge in [-0.3, -0.25) is 28.8 Å². The first-order chi connectivity index (χ1) is 27.0. The minimum Gasteiger partial charge on any atom is -0.497 e. The predicted molar refractivity (Wildman–Crippen MR) is 207 cm³/mol. The SMILES string of the molecule is COc1ccc(C[C@H]2C(=O)N[C@@H](C)C(=O)N(C)[C@@H]3C(=O)N(C)[C@@H](Cc4ccc(OC)c(c4)Oc4ccc(cc4)[C@@H]3O)C(=O)N[C@H](C)C(=O)N[C@@H](C)C(=O)N2C)cc1. The van der Waals surface area contributed by atoms with Crippen molar-refractivity contribution in [3.05, 3.63) is 83.4 Å². The van der Waals surface area contributed by atoms with Crippen LogP contribution in [0, 0.1) is 0 Å². The first kappa shape index (κ1) is 42.0. The van der Waals surface area contributed by atoms with Crippen molar-refractivity contribution in [2.45, 2.75) is 76.0 Å². The molecule has 3 aromatic rings. The molecule has 3 aliphatic rings. The lowest BCUT2D eigenvalue weighted by Crippen LogP contribution is -2.62. The maximum atomic E-state index is 14.7. The normalized spacial score (nSPS) is 25.4. The predicted octanol–water partition coefficient (Wildman–Crippen LogP) is 1.34. The molecule has 3 aliphatic heterocycles. The maximum absolute atomic E-state index is 14.7. The number of likely N-dealkylation sites (N-methyl/N-ethyl adjacent to an activating group) is 3. The van der Waals surface area contributed by atoms with E-state index in [9.17, 15) is 33.9 Å². The summed E-state index contributed by atoms with van der Waals surface area (Å²) in [6, 6.07) is 10.6. The molecule has 57 heavy (non-hydrogen) atoms. The van der Waals surface area contributed by atoms with Gasteiger partial charge in [-0.2, -0.15) is 0 Å². The lowest BCUT2D eigenvalue weighted by Gasteiger charge is -2.38. The molecule has 0 unspecified atom stereocenters. The number of hydrogen-bond acceptors (Lipinski definition) is 10. The number of carbonyl (C=O) groups excluding carboxylic acids is 6. The fourth-order valence-electron chi connectivity index (χ4n) is 6.91. The van der Waals surface area contributed by atoms with Gasteiger partial charge < -0.3 is 50.0 Å². The first-order valence-electron chi connectivity index (χ1n) is 18.5. The van der Waals surface area contributed by atoms with Crippen molar-refractivity contribution in [2.24, 2.45) is 0 Å². The molecule has 4 N–H and O–H groups in total. The van der Waals surface area contributed by atoms with Crippen molar-refractivity contribution < 1.29 is 48.1 Å². The van der Waals surface area contributed by atoms with Crippen molar-refractivity contribution in [1.82, 2.24) is 30.7 Å². The summed E-state index contributed by atoms with van der Waals surface area (Å²) in [6.07, 6.45) is -1.67. The van der Waals surface area contributed by atoms with Crippen LogP contribution in [0.15, 0.2) is 66.7 Å². The Bertz CT molecular complexity index is 1990. The molecule has 6 amide bonds. The quantitative estimate of drug-likeness (QED) is 0.300. The Morgan fingerprint density at radius 1 is 0.684 bits per heavy atom. The molecule has 16 heteroatoms. The lowest BCUT2D eigenvalue weighted by molar-refractivity contribution is -0.153. The van der Waals surface area contributed by atoms with Crippen molar-refractivity contribution in [2.75, 3.05) is 35.4 Å². The summed E-state index contributed by atoms with van der Waals surface area (Å²) in [5.74, 6) is -2.52. The molecule has 0 aromatic heterocycles. The fraction of sp³-hybridized carbons (Fsp3) is 0.415. The van der Waals surface area contributed by atoms with Gasteiger partial charge in [-0.1, -0.05) is 30.3 Å². The summed E-state index contributed by atoms with van der Waals surface area (Å²) >= 11 is 0. The molecule has 7 atom stereocenters. The molecule has 16 nitrogen and oxygen atoms in total. The smallest absolute Gasteiger partial charge is 0.248 e. The number of aliphatic hydroxyl groups excluding tert-OH is 1. The molecule has 0 aliphatic carbocycles. The minimum atomic E-state index is -1.62. The third-order valence-corrected chi connectivity index (χ3v) is 10.5. The monoisotopic (exact) mass is 786 g/mol. The number of benzene rings is 3. The van der Waals surface area contributed by atoms with Crippen LogP contribution >= 0.6 is 0 Å². The van der Waals surface area contributed by atoms with Gasteiger partial charge in [0.25, 0.3) is 0 Å². The van der Waals surface area contributed by atoms with Gasteiger partial charge in [-0.25, -0.2) is 0 Å². The molecular weight excluding hydrogens is 736 g/mol. The summed E-state index contributed by atoms with van der Waals surface area (Å²) in [5.41, 5.74) is 1.49. The minimum absolute atomic E-state index is 0.0311. The van der Waals surface area contributed by atoms with E-state index in [4.69, 9.17) is 14.2 Å². The highest BCUT2D eigenvalue weighted by Crippen LogP contribution is 2.35. The summed E-state index contributed by atoms with van der Waals surface area (Å²) in [5, 5.41) is 19.9. The van der Waals surface area contributed by atoms with Crippen LogP contribution in [0.2, 0.25) is 0 Å². The highest BCUT2D eigenvalue weighted by atomic mass is 16.5. The molecule has 0 saturated carbocycles. The van der Waals surface area contributed by atoms with E-state index in [0.29, 0.717) is 34.1 Å². The number of rotatable bonds is 4. The van der Waals surface area contributed by atoms with Crippen molar-refractivity contribution in [1.29, 1.82) is 0 Å². The largest absolute Gasteiger partial charge is 0.497 e. The molecule has 0 spiro atoms. The third kappa shape index (κ3) is 9.28. The van der Waals surface area contributed by atoms with E-state index in [2.05, 4.69) is 16.0 Å². The van der Waals surface area contributed by atoms with Gasteiger partial charge in [0.1, 0.15) is 53.9 Å². The van der Waals surface area contributed by atoms with Crippen LogP contribution in [0.5, 0.6) is 23.0 Å². The van der Waals surface area contributed by atoms with E-state index in [1.165, 1.54) is 61.0 Å². The zero-order valence-electron chi connectivity index (χ0n) is 33.3. The van der Waals surface area contributed by atoms with Crippen LogP contribution in [0.4, 0.5) is 0 Å². The number of hydrogen-bond donors (Lipinski definition) is 4.